The van der Waals surface area contributed by atoms with E-state index in [0.29, 0.717) is 19.7 Å². The minimum atomic E-state index is -0.328. The molecule has 0 aromatic heterocycles. The third-order valence-corrected chi connectivity index (χ3v) is 4.58. The van der Waals surface area contributed by atoms with E-state index < -0.39 is 0 Å². The Balaban J connectivity index is 1.91. The summed E-state index contributed by atoms with van der Waals surface area (Å²) in [6.07, 6.45) is 1.30. The Bertz CT molecular complexity index is 547. The van der Waals surface area contributed by atoms with E-state index in [1.807, 2.05) is 31.2 Å². The van der Waals surface area contributed by atoms with Crippen LogP contribution >= 0.6 is 15.9 Å². The van der Waals surface area contributed by atoms with Crippen molar-refractivity contribution in [2.75, 3.05) is 19.7 Å². The fourth-order valence-corrected chi connectivity index (χ4v) is 3.00. The second-order valence-corrected chi connectivity index (χ2v) is 6.68. The van der Waals surface area contributed by atoms with Gasteiger partial charge in [0.25, 0.3) is 0 Å². The lowest BCUT2D eigenvalue weighted by atomic mass is 9.96. The van der Waals surface area contributed by atoms with E-state index in [-0.39, 0.29) is 24.0 Å². The van der Waals surface area contributed by atoms with Crippen molar-refractivity contribution in [1.29, 1.82) is 0 Å². The molecule has 1 aromatic carbocycles. The number of nitrogens with one attached hydrogen (secondary N) is 1. The molecule has 126 valence electrons. The number of piperidine rings is 1. The van der Waals surface area contributed by atoms with Crippen molar-refractivity contribution in [3.63, 3.8) is 0 Å². The van der Waals surface area contributed by atoms with Crippen molar-refractivity contribution in [2.24, 2.45) is 5.92 Å². The summed E-state index contributed by atoms with van der Waals surface area (Å²) in [6, 6.07) is 7.83. The number of benzene rings is 1. The van der Waals surface area contributed by atoms with Crippen LogP contribution in [0.5, 0.6) is 0 Å². The average Bonchev–Trinajstić information content (AvgIpc) is 2.55. The summed E-state index contributed by atoms with van der Waals surface area (Å²) >= 11 is 3.40. The largest absolute Gasteiger partial charge is 0.450 e. The molecule has 0 saturated carbocycles. The Labute approximate surface area is 145 Å². The standard InChI is InChI=1S/C17H23BrN2O3/c1-3-23-17(22)20-10-4-5-14(11-20)16(21)19-12(2)13-6-8-15(18)9-7-13/h6-9,12,14H,3-5,10-11H2,1-2H3,(H,19,21). The number of carbonyl (C=O) groups excluding carboxylic acids is 2. The highest BCUT2D eigenvalue weighted by molar-refractivity contribution is 9.10. The highest BCUT2D eigenvalue weighted by Gasteiger charge is 2.29. The molecule has 1 saturated heterocycles. The van der Waals surface area contributed by atoms with Crippen LogP contribution in [0, 0.1) is 5.92 Å². The molecular weight excluding hydrogens is 360 g/mol. The summed E-state index contributed by atoms with van der Waals surface area (Å²) in [7, 11) is 0. The summed E-state index contributed by atoms with van der Waals surface area (Å²) in [5.41, 5.74) is 1.06. The molecule has 23 heavy (non-hydrogen) atoms. The minimum absolute atomic E-state index is 0.00517. The third kappa shape index (κ3) is 4.96. The van der Waals surface area contributed by atoms with Gasteiger partial charge in [-0.1, -0.05) is 28.1 Å². The predicted octanol–water partition coefficient (Wildman–Crippen LogP) is 3.49. The second-order valence-electron chi connectivity index (χ2n) is 5.77. The van der Waals surface area contributed by atoms with Gasteiger partial charge in [0.2, 0.25) is 5.91 Å². The number of nitrogens with zero attached hydrogens (tertiary/aromatic N) is 1. The van der Waals surface area contributed by atoms with Gasteiger partial charge in [0, 0.05) is 17.6 Å². The van der Waals surface area contributed by atoms with E-state index in [2.05, 4.69) is 21.2 Å². The lowest BCUT2D eigenvalue weighted by molar-refractivity contribution is -0.127. The van der Waals surface area contributed by atoms with Gasteiger partial charge in [-0.05, 0) is 44.4 Å². The first-order valence-electron chi connectivity index (χ1n) is 7.98. The van der Waals surface area contributed by atoms with Gasteiger partial charge in [-0.3, -0.25) is 4.79 Å². The van der Waals surface area contributed by atoms with Gasteiger partial charge >= 0.3 is 6.09 Å². The van der Waals surface area contributed by atoms with Gasteiger partial charge in [0.05, 0.1) is 18.6 Å². The van der Waals surface area contributed by atoms with E-state index in [4.69, 9.17) is 4.74 Å². The van der Waals surface area contributed by atoms with Gasteiger partial charge in [0.1, 0.15) is 0 Å². The lowest BCUT2D eigenvalue weighted by Gasteiger charge is -2.31. The minimum Gasteiger partial charge on any atom is -0.450 e. The molecule has 2 amide bonds. The topological polar surface area (TPSA) is 58.6 Å². The fourth-order valence-electron chi connectivity index (χ4n) is 2.74. The Morgan fingerprint density at radius 2 is 2.09 bits per heavy atom. The van der Waals surface area contributed by atoms with Crippen molar-refractivity contribution in [2.45, 2.75) is 32.7 Å². The van der Waals surface area contributed by atoms with Crippen LogP contribution in [-0.2, 0) is 9.53 Å². The lowest BCUT2D eigenvalue weighted by Crippen LogP contribution is -2.46. The number of halogens is 1. The van der Waals surface area contributed by atoms with Crippen molar-refractivity contribution in [3.8, 4) is 0 Å². The Morgan fingerprint density at radius 3 is 2.74 bits per heavy atom. The zero-order chi connectivity index (χ0) is 16.8. The molecule has 1 heterocycles. The van der Waals surface area contributed by atoms with E-state index in [1.165, 1.54) is 0 Å². The molecule has 1 aliphatic heterocycles. The number of amides is 2. The maximum atomic E-state index is 12.5. The van der Waals surface area contributed by atoms with Gasteiger partial charge in [-0.25, -0.2) is 4.79 Å². The molecule has 0 bridgehead atoms. The van der Waals surface area contributed by atoms with Crippen molar-refractivity contribution in [3.05, 3.63) is 34.3 Å². The monoisotopic (exact) mass is 382 g/mol. The SMILES string of the molecule is CCOC(=O)N1CCCC(C(=O)NC(C)c2ccc(Br)cc2)C1. The third-order valence-electron chi connectivity index (χ3n) is 4.05. The van der Waals surface area contributed by atoms with Gasteiger partial charge in [0.15, 0.2) is 0 Å². The summed E-state index contributed by atoms with van der Waals surface area (Å²) in [5, 5.41) is 3.04. The van der Waals surface area contributed by atoms with Crippen molar-refractivity contribution in [1.82, 2.24) is 10.2 Å². The Morgan fingerprint density at radius 1 is 1.39 bits per heavy atom. The molecule has 5 nitrogen and oxygen atoms in total. The second kappa shape index (κ2) is 8.34. The highest BCUT2D eigenvalue weighted by atomic mass is 79.9. The molecule has 1 fully saturated rings. The zero-order valence-electron chi connectivity index (χ0n) is 13.5. The summed E-state index contributed by atoms with van der Waals surface area (Å²) in [4.78, 5) is 25.9. The number of likely N-dealkylation sites (tertiary alicyclic amines) is 1. The Kier molecular flexibility index (Phi) is 6.45. The molecule has 2 rings (SSSR count). The van der Waals surface area contributed by atoms with Crippen molar-refractivity contribution >= 4 is 27.9 Å². The van der Waals surface area contributed by atoms with E-state index in [1.54, 1.807) is 11.8 Å². The number of rotatable bonds is 4. The smallest absolute Gasteiger partial charge is 0.409 e. The normalized spacial score (nSPS) is 19.1. The number of ether oxygens (including phenoxy) is 1. The number of carbonyl (C=O) groups is 2. The molecular formula is C17H23BrN2O3. The quantitative estimate of drug-likeness (QED) is 0.866. The highest BCUT2D eigenvalue weighted by Crippen LogP contribution is 2.20. The van der Waals surface area contributed by atoms with Crippen LogP contribution in [0.3, 0.4) is 0 Å². The average molecular weight is 383 g/mol. The summed E-state index contributed by atoms with van der Waals surface area (Å²) in [5.74, 6) is -0.180. The predicted molar refractivity (Wildman–Crippen MR) is 92.0 cm³/mol. The first-order valence-corrected chi connectivity index (χ1v) is 8.78. The fraction of sp³-hybridized carbons (Fsp3) is 0.529. The maximum absolute atomic E-state index is 12.5. The molecule has 2 unspecified atom stereocenters. The van der Waals surface area contributed by atoms with Crippen molar-refractivity contribution < 1.29 is 14.3 Å². The molecule has 1 aromatic rings. The van der Waals surface area contributed by atoms with Crippen LogP contribution in [-0.4, -0.2) is 36.6 Å². The van der Waals surface area contributed by atoms with E-state index in [0.717, 1.165) is 22.9 Å². The molecule has 0 aliphatic carbocycles. The van der Waals surface area contributed by atoms with Gasteiger partial charge < -0.3 is 15.0 Å². The molecule has 1 aliphatic rings. The van der Waals surface area contributed by atoms with Crippen LogP contribution in [0.1, 0.15) is 38.3 Å². The van der Waals surface area contributed by atoms with E-state index in [9.17, 15) is 9.59 Å². The maximum Gasteiger partial charge on any atom is 0.409 e. The molecule has 6 heteroatoms. The summed E-state index contributed by atoms with van der Waals surface area (Å²) < 4.78 is 6.03. The molecule has 0 radical (unpaired) electrons. The van der Waals surface area contributed by atoms with Gasteiger partial charge in [-0.15, -0.1) is 0 Å². The summed E-state index contributed by atoms with van der Waals surface area (Å²) in [6.45, 7) is 5.19. The van der Waals surface area contributed by atoms with Gasteiger partial charge in [-0.2, -0.15) is 0 Å². The zero-order valence-corrected chi connectivity index (χ0v) is 15.1. The van der Waals surface area contributed by atoms with Crippen LogP contribution in [0.25, 0.3) is 0 Å². The first-order chi connectivity index (χ1) is 11.0. The van der Waals surface area contributed by atoms with Crippen LogP contribution < -0.4 is 5.32 Å². The molecule has 2 atom stereocenters. The van der Waals surface area contributed by atoms with Crippen LogP contribution in [0.4, 0.5) is 4.79 Å². The number of hydrogen-bond acceptors (Lipinski definition) is 3. The van der Waals surface area contributed by atoms with Crippen LogP contribution in [0.15, 0.2) is 28.7 Å². The first kappa shape index (κ1) is 17.8. The molecule has 0 spiro atoms. The number of hydrogen-bond donors (Lipinski definition) is 1. The van der Waals surface area contributed by atoms with Crippen LogP contribution in [0.2, 0.25) is 0 Å². The van der Waals surface area contributed by atoms with E-state index >= 15 is 0 Å². The Hall–Kier alpha value is -1.56. The molecule has 1 N–H and O–H groups in total.